The van der Waals surface area contributed by atoms with Gasteiger partial charge in [-0.3, -0.25) is 0 Å². The highest BCUT2D eigenvalue weighted by atomic mass is 32.1. The van der Waals surface area contributed by atoms with Gasteiger partial charge < -0.3 is 11.2 Å². The molecule has 0 spiro atoms. The number of benzene rings is 1. The molecule has 0 saturated carbocycles. The van der Waals surface area contributed by atoms with E-state index in [1.54, 1.807) is 23.7 Å². The zero-order chi connectivity index (χ0) is 10.5. The van der Waals surface area contributed by atoms with Crippen molar-refractivity contribution < 1.29 is 0 Å². The van der Waals surface area contributed by atoms with E-state index in [0.29, 0.717) is 0 Å². The second kappa shape index (κ2) is 4.56. The summed E-state index contributed by atoms with van der Waals surface area (Å²) in [6, 6.07) is 7.79. The van der Waals surface area contributed by atoms with E-state index in [9.17, 15) is 0 Å². The van der Waals surface area contributed by atoms with Gasteiger partial charge in [-0.1, -0.05) is 12.1 Å². The maximum absolute atomic E-state index is 5.05. The third-order valence-corrected chi connectivity index (χ3v) is 2.51. The van der Waals surface area contributed by atoms with Crippen LogP contribution in [0.1, 0.15) is 5.56 Å². The Labute approximate surface area is 91.5 Å². The fourth-order valence-electron chi connectivity index (χ4n) is 1.15. The fourth-order valence-corrected chi connectivity index (χ4v) is 1.70. The topological polar surface area (TPSA) is 63.3 Å². The van der Waals surface area contributed by atoms with Crippen molar-refractivity contribution in [2.24, 2.45) is 10.9 Å². The Morgan fingerprint density at radius 3 is 2.73 bits per heavy atom. The van der Waals surface area contributed by atoms with Gasteiger partial charge in [0.15, 0.2) is 5.13 Å². The molecule has 0 aliphatic carbocycles. The van der Waals surface area contributed by atoms with Crippen LogP contribution in [-0.2, 0) is 0 Å². The van der Waals surface area contributed by atoms with E-state index in [-0.39, 0.29) is 0 Å². The van der Waals surface area contributed by atoms with Crippen molar-refractivity contribution in [3.05, 3.63) is 41.4 Å². The minimum absolute atomic E-state index is 0.884. The number of hydrogen-bond donors (Lipinski definition) is 2. The number of aromatic nitrogens is 1. The molecule has 0 bridgehead atoms. The quantitative estimate of drug-likeness (QED) is 0.471. The second-order valence-electron chi connectivity index (χ2n) is 2.86. The smallest absolute Gasteiger partial charge is 0.187 e. The summed E-state index contributed by atoms with van der Waals surface area (Å²) in [6.45, 7) is 0. The van der Waals surface area contributed by atoms with Crippen molar-refractivity contribution >= 4 is 28.4 Å². The molecule has 1 aromatic heterocycles. The summed E-state index contributed by atoms with van der Waals surface area (Å²) in [7, 11) is 0. The first kappa shape index (κ1) is 9.67. The molecule has 1 aromatic carbocycles. The molecule has 2 aromatic rings. The van der Waals surface area contributed by atoms with E-state index in [1.807, 2.05) is 29.6 Å². The Kier molecular flexibility index (Phi) is 2.94. The highest BCUT2D eigenvalue weighted by Gasteiger charge is 1.95. The molecule has 15 heavy (non-hydrogen) atoms. The molecule has 0 atom stereocenters. The summed E-state index contributed by atoms with van der Waals surface area (Å²) in [5, 5.41) is 9.45. The van der Waals surface area contributed by atoms with Gasteiger partial charge in [0, 0.05) is 17.3 Å². The number of nitrogens with zero attached hydrogens (tertiary/aromatic N) is 2. The summed E-state index contributed by atoms with van der Waals surface area (Å²) in [4.78, 5) is 4.13. The van der Waals surface area contributed by atoms with Crippen LogP contribution in [0.4, 0.5) is 10.8 Å². The van der Waals surface area contributed by atoms with Crippen LogP contribution in [0.5, 0.6) is 0 Å². The molecule has 0 fully saturated rings. The molecular weight excluding hydrogens is 208 g/mol. The first-order chi connectivity index (χ1) is 7.38. The molecule has 1 heterocycles. The van der Waals surface area contributed by atoms with Gasteiger partial charge in [-0.2, -0.15) is 5.10 Å². The minimum atomic E-state index is 0.884. The number of nitrogens with two attached hydrogens (primary N) is 1. The fraction of sp³-hybridized carbons (Fsp3) is 0. The van der Waals surface area contributed by atoms with Crippen molar-refractivity contribution in [3.63, 3.8) is 0 Å². The molecule has 0 unspecified atom stereocenters. The Morgan fingerprint density at radius 2 is 2.13 bits per heavy atom. The van der Waals surface area contributed by atoms with Crippen molar-refractivity contribution in [3.8, 4) is 0 Å². The van der Waals surface area contributed by atoms with Crippen molar-refractivity contribution in [2.75, 3.05) is 5.32 Å². The van der Waals surface area contributed by atoms with Crippen molar-refractivity contribution in [1.82, 2.24) is 4.98 Å². The lowest BCUT2D eigenvalue weighted by molar-refractivity contribution is 1.26. The van der Waals surface area contributed by atoms with Crippen LogP contribution in [0.2, 0.25) is 0 Å². The average molecular weight is 218 g/mol. The van der Waals surface area contributed by atoms with Crippen LogP contribution >= 0.6 is 11.3 Å². The van der Waals surface area contributed by atoms with E-state index in [4.69, 9.17) is 5.84 Å². The van der Waals surface area contributed by atoms with Crippen LogP contribution in [0.25, 0.3) is 0 Å². The van der Waals surface area contributed by atoms with E-state index in [0.717, 1.165) is 16.4 Å². The van der Waals surface area contributed by atoms with Crippen LogP contribution in [0.15, 0.2) is 40.9 Å². The second-order valence-corrected chi connectivity index (χ2v) is 3.76. The Hall–Kier alpha value is -1.88. The van der Waals surface area contributed by atoms with Gasteiger partial charge in [-0.25, -0.2) is 4.98 Å². The highest BCUT2D eigenvalue weighted by molar-refractivity contribution is 7.13. The van der Waals surface area contributed by atoms with Crippen LogP contribution in [0, 0.1) is 0 Å². The van der Waals surface area contributed by atoms with E-state index in [1.165, 1.54) is 0 Å². The van der Waals surface area contributed by atoms with Gasteiger partial charge in [0.05, 0.1) is 6.21 Å². The zero-order valence-electron chi connectivity index (χ0n) is 7.92. The summed E-state index contributed by atoms with van der Waals surface area (Å²) in [6.07, 6.45) is 3.37. The van der Waals surface area contributed by atoms with Gasteiger partial charge in [0.2, 0.25) is 0 Å². The lowest BCUT2D eigenvalue weighted by Gasteiger charge is -2.01. The van der Waals surface area contributed by atoms with Gasteiger partial charge >= 0.3 is 0 Å². The van der Waals surface area contributed by atoms with Crippen molar-refractivity contribution in [2.45, 2.75) is 0 Å². The molecular formula is C10H10N4S. The third-order valence-electron chi connectivity index (χ3n) is 1.82. The summed E-state index contributed by atoms with van der Waals surface area (Å²) >= 11 is 1.56. The van der Waals surface area contributed by atoms with Gasteiger partial charge in [0.25, 0.3) is 0 Å². The van der Waals surface area contributed by atoms with E-state index >= 15 is 0 Å². The Balaban J connectivity index is 2.10. The maximum atomic E-state index is 5.05. The molecule has 0 aliphatic heterocycles. The van der Waals surface area contributed by atoms with Crippen LogP contribution < -0.4 is 11.2 Å². The SMILES string of the molecule is N/N=C\c1ccc(Nc2nccs2)cc1. The standard InChI is InChI=1S/C10H10N4S/c11-13-7-8-1-3-9(4-2-8)14-10-12-5-6-15-10/h1-7H,11H2,(H,12,14)/b13-7-. The molecule has 0 radical (unpaired) electrons. The van der Waals surface area contributed by atoms with E-state index in [2.05, 4.69) is 15.4 Å². The van der Waals surface area contributed by atoms with Crippen LogP contribution in [0.3, 0.4) is 0 Å². The largest absolute Gasteiger partial charge is 0.332 e. The first-order valence-corrected chi connectivity index (χ1v) is 5.26. The molecule has 5 heteroatoms. The molecule has 76 valence electrons. The first-order valence-electron chi connectivity index (χ1n) is 4.38. The van der Waals surface area contributed by atoms with E-state index < -0.39 is 0 Å². The monoisotopic (exact) mass is 218 g/mol. The molecule has 3 N–H and O–H groups in total. The number of anilines is 2. The number of hydrogen-bond acceptors (Lipinski definition) is 5. The van der Waals surface area contributed by atoms with Crippen LogP contribution in [-0.4, -0.2) is 11.2 Å². The highest BCUT2D eigenvalue weighted by Crippen LogP contribution is 2.18. The molecule has 0 aliphatic rings. The number of thiazole rings is 1. The zero-order valence-corrected chi connectivity index (χ0v) is 8.74. The molecule has 0 saturated heterocycles. The summed E-state index contributed by atoms with van der Waals surface area (Å²) in [5.41, 5.74) is 1.97. The number of nitrogens with one attached hydrogen (secondary N) is 1. The number of rotatable bonds is 3. The minimum Gasteiger partial charge on any atom is -0.332 e. The summed E-state index contributed by atoms with van der Waals surface area (Å²) in [5.74, 6) is 5.05. The third kappa shape index (κ3) is 2.54. The normalized spacial score (nSPS) is 10.7. The van der Waals surface area contributed by atoms with Gasteiger partial charge in [-0.05, 0) is 17.7 Å². The Bertz CT molecular complexity index is 433. The number of hydrazone groups is 1. The lowest BCUT2D eigenvalue weighted by atomic mass is 10.2. The Morgan fingerprint density at radius 1 is 1.33 bits per heavy atom. The predicted molar refractivity (Wildman–Crippen MR) is 63.6 cm³/mol. The molecule has 0 amide bonds. The predicted octanol–water partition coefficient (Wildman–Crippen LogP) is 2.18. The average Bonchev–Trinajstić information content (AvgIpc) is 2.74. The maximum Gasteiger partial charge on any atom is 0.187 e. The van der Waals surface area contributed by atoms with Crippen molar-refractivity contribution in [1.29, 1.82) is 0 Å². The lowest BCUT2D eigenvalue weighted by Crippen LogP contribution is -1.90. The van der Waals surface area contributed by atoms with Gasteiger partial charge in [0.1, 0.15) is 0 Å². The van der Waals surface area contributed by atoms with Gasteiger partial charge in [-0.15, -0.1) is 11.3 Å². The summed E-state index contributed by atoms with van der Waals surface area (Å²) < 4.78 is 0. The molecule has 4 nitrogen and oxygen atoms in total. The molecule has 2 rings (SSSR count).